The average molecular weight is 198 g/mol. The van der Waals surface area contributed by atoms with Crippen molar-refractivity contribution in [1.82, 2.24) is 10.2 Å². The summed E-state index contributed by atoms with van der Waals surface area (Å²) in [5.41, 5.74) is 0. The second-order valence-corrected chi connectivity index (χ2v) is 3.78. The lowest BCUT2D eigenvalue weighted by molar-refractivity contribution is 0.210. The number of carbonyl (C=O) groups excluding carboxylic acids is 1. The number of rotatable bonds is 3. The van der Waals surface area contributed by atoms with Gasteiger partial charge in [-0.25, -0.2) is 4.79 Å². The van der Waals surface area contributed by atoms with Crippen molar-refractivity contribution in [3.8, 4) is 0 Å². The molecule has 1 aromatic rings. The van der Waals surface area contributed by atoms with Crippen LogP contribution in [-0.2, 0) is 6.54 Å². The van der Waals surface area contributed by atoms with Gasteiger partial charge in [-0.3, -0.25) is 0 Å². The Bertz CT molecular complexity index is 259. The summed E-state index contributed by atoms with van der Waals surface area (Å²) in [6.45, 7) is 3.31. The van der Waals surface area contributed by atoms with Crippen LogP contribution in [0.25, 0.3) is 0 Å². The van der Waals surface area contributed by atoms with Crippen LogP contribution in [0, 0.1) is 0 Å². The van der Waals surface area contributed by atoms with Crippen LogP contribution in [0.4, 0.5) is 4.79 Å². The number of hydrogen-bond acceptors (Lipinski definition) is 2. The standard InChI is InChI=1S/C9H14N2OS/c1-3-11(2)9(12)10-7-8-5-4-6-13-8/h4-6H,3,7H2,1-2H3,(H,10,12). The van der Waals surface area contributed by atoms with E-state index >= 15 is 0 Å². The van der Waals surface area contributed by atoms with Crippen molar-refractivity contribution in [2.24, 2.45) is 0 Å². The Morgan fingerprint density at radius 2 is 2.46 bits per heavy atom. The molecule has 1 rings (SSSR count). The van der Waals surface area contributed by atoms with Gasteiger partial charge in [0.1, 0.15) is 0 Å². The highest BCUT2D eigenvalue weighted by atomic mass is 32.1. The summed E-state index contributed by atoms with van der Waals surface area (Å²) in [5, 5.41) is 4.84. The van der Waals surface area contributed by atoms with Crippen molar-refractivity contribution in [2.45, 2.75) is 13.5 Å². The molecule has 0 aliphatic carbocycles. The lowest BCUT2D eigenvalue weighted by Crippen LogP contribution is -2.36. The molecule has 0 saturated carbocycles. The third-order valence-corrected chi connectivity index (χ3v) is 2.69. The number of urea groups is 1. The normalized spacial score (nSPS) is 9.69. The molecule has 0 spiro atoms. The lowest BCUT2D eigenvalue weighted by atomic mass is 10.4. The van der Waals surface area contributed by atoms with E-state index in [1.807, 2.05) is 24.4 Å². The van der Waals surface area contributed by atoms with Gasteiger partial charge < -0.3 is 10.2 Å². The lowest BCUT2D eigenvalue weighted by Gasteiger charge is -2.14. The third kappa shape index (κ3) is 3.06. The van der Waals surface area contributed by atoms with Gasteiger partial charge in [0.25, 0.3) is 0 Å². The first kappa shape index (κ1) is 10.1. The quantitative estimate of drug-likeness (QED) is 0.790. The first-order valence-corrected chi connectivity index (χ1v) is 5.13. The fourth-order valence-electron chi connectivity index (χ4n) is 0.854. The van der Waals surface area contributed by atoms with Gasteiger partial charge in [0.05, 0.1) is 6.54 Å². The number of amides is 2. The predicted molar refractivity (Wildman–Crippen MR) is 54.9 cm³/mol. The van der Waals surface area contributed by atoms with Crippen molar-refractivity contribution in [3.63, 3.8) is 0 Å². The van der Waals surface area contributed by atoms with E-state index in [1.54, 1.807) is 23.3 Å². The summed E-state index contributed by atoms with van der Waals surface area (Å²) >= 11 is 1.65. The van der Waals surface area contributed by atoms with Gasteiger partial charge in [-0.2, -0.15) is 0 Å². The number of nitrogens with one attached hydrogen (secondary N) is 1. The highest BCUT2D eigenvalue weighted by Crippen LogP contribution is 2.07. The minimum atomic E-state index is -0.0177. The van der Waals surface area contributed by atoms with Crippen LogP contribution in [-0.4, -0.2) is 24.5 Å². The second kappa shape index (κ2) is 4.87. The fourth-order valence-corrected chi connectivity index (χ4v) is 1.50. The summed E-state index contributed by atoms with van der Waals surface area (Å²) in [5.74, 6) is 0. The smallest absolute Gasteiger partial charge is 0.317 e. The van der Waals surface area contributed by atoms with Crippen LogP contribution in [0.15, 0.2) is 17.5 Å². The molecule has 0 bridgehead atoms. The molecule has 13 heavy (non-hydrogen) atoms. The summed E-state index contributed by atoms with van der Waals surface area (Å²) in [6.07, 6.45) is 0. The first-order valence-electron chi connectivity index (χ1n) is 4.25. The monoisotopic (exact) mass is 198 g/mol. The molecule has 0 atom stereocenters. The van der Waals surface area contributed by atoms with Crippen LogP contribution in [0.1, 0.15) is 11.8 Å². The minimum absolute atomic E-state index is 0.0177. The van der Waals surface area contributed by atoms with E-state index in [4.69, 9.17) is 0 Å². The van der Waals surface area contributed by atoms with E-state index < -0.39 is 0 Å². The maximum Gasteiger partial charge on any atom is 0.317 e. The molecular weight excluding hydrogens is 184 g/mol. The highest BCUT2D eigenvalue weighted by Gasteiger charge is 2.04. The predicted octanol–water partition coefficient (Wildman–Crippen LogP) is 1.91. The molecule has 0 unspecified atom stereocenters. The molecule has 72 valence electrons. The number of hydrogen-bond donors (Lipinski definition) is 1. The number of nitrogens with zero attached hydrogens (tertiary/aromatic N) is 1. The van der Waals surface area contributed by atoms with Gasteiger partial charge in [-0.05, 0) is 18.4 Å². The van der Waals surface area contributed by atoms with Crippen molar-refractivity contribution in [3.05, 3.63) is 22.4 Å². The Morgan fingerprint density at radius 1 is 1.69 bits per heavy atom. The SMILES string of the molecule is CCN(C)C(=O)NCc1cccs1. The minimum Gasteiger partial charge on any atom is -0.333 e. The van der Waals surface area contributed by atoms with E-state index in [0.717, 1.165) is 6.54 Å². The van der Waals surface area contributed by atoms with E-state index in [0.29, 0.717) is 6.54 Å². The Kier molecular flexibility index (Phi) is 3.76. The first-order chi connectivity index (χ1) is 6.24. The second-order valence-electron chi connectivity index (χ2n) is 2.75. The van der Waals surface area contributed by atoms with E-state index in [1.165, 1.54) is 4.88 Å². The molecule has 0 aliphatic heterocycles. The Morgan fingerprint density at radius 3 is 3.00 bits per heavy atom. The molecular formula is C9H14N2OS. The molecule has 4 heteroatoms. The molecule has 1 N–H and O–H groups in total. The van der Waals surface area contributed by atoms with E-state index in [2.05, 4.69) is 5.32 Å². The van der Waals surface area contributed by atoms with Crippen LogP contribution >= 0.6 is 11.3 Å². The molecule has 0 aliphatic rings. The molecule has 0 fully saturated rings. The molecule has 0 aromatic carbocycles. The van der Waals surface area contributed by atoms with Crippen LogP contribution in [0.3, 0.4) is 0 Å². The van der Waals surface area contributed by atoms with Crippen molar-refractivity contribution in [1.29, 1.82) is 0 Å². The Hall–Kier alpha value is -1.03. The summed E-state index contributed by atoms with van der Waals surface area (Å²) < 4.78 is 0. The van der Waals surface area contributed by atoms with Crippen molar-refractivity contribution < 1.29 is 4.79 Å². The van der Waals surface area contributed by atoms with Crippen LogP contribution in [0.5, 0.6) is 0 Å². The van der Waals surface area contributed by atoms with E-state index in [9.17, 15) is 4.79 Å². The molecule has 3 nitrogen and oxygen atoms in total. The van der Waals surface area contributed by atoms with Crippen LogP contribution in [0.2, 0.25) is 0 Å². The molecule has 0 radical (unpaired) electrons. The maximum atomic E-state index is 11.3. The van der Waals surface area contributed by atoms with E-state index in [-0.39, 0.29) is 6.03 Å². The molecule has 1 aromatic heterocycles. The van der Waals surface area contributed by atoms with Crippen LogP contribution < -0.4 is 5.32 Å². The summed E-state index contributed by atoms with van der Waals surface area (Å²) in [6, 6.07) is 3.97. The Balaban J connectivity index is 2.31. The third-order valence-electron chi connectivity index (χ3n) is 1.81. The molecule has 2 amide bonds. The zero-order chi connectivity index (χ0) is 9.68. The van der Waals surface area contributed by atoms with Crippen molar-refractivity contribution >= 4 is 17.4 Å². The maximum absolute atomic E-state index is 11.3. The topological polar surface area (TPSA) is 32.3 Å². The Labute approximate surface area is 82.4 Å². The van der Waals surface area contributed by atoms with Gasteiger partial charge in [-0.15, -0.1) is 11.3 Å². The van der Waals surface area contributed by atoms with Gasteiger partial charge in [-0.1, -0.05) is 6.07 Å². The summed E-state index contributed by atoms with van der Waals surface area (Å²) in [4.78, 5) is 14.1. The zero-order valence-corrected chi connectivity index (χ0v) is 8.73. The number of thiophene rings is 1. The largest absolute Gasteiger partial charge is 0.333 e. The highest BCUT2D eigenvalue weighted by molar-refractivity contribution is 7.09. The van der Waals surface area contributed by atoms with Crippen molar-refractivity contribution in [2.75, 3.05) is 13.6 Å². The van der Waals surface area contributed by atoms with Gasteiger partial charge >= 0.3 is 6.03 Å². The molecule has 1 heterocycles. The molecule has 0 saturated heterocycles. The fraction of sp³-hybridized carbons (Fsp3) is 0.444. The zero-order valence-electron chi connectivity index (χ0n) is 7.91. The average Bonchev–Trinajstić information content (AvgIpc) is 2.65. The van der Waals surface area contributed by atoms with Gasteiger partial charge in [0, 0.05) is 18.5 Å². The van der Waals surface area contributed by atoms with Gasteiger partial charge in [0.2, 0.25) is 0 Å². The summed E-state index contributed by atoms with van der Waals surface area (Å²) in [7, 11) is 1.78. The number of carbonyl (C=O) groups is 1. The van der Waals surface area contributed by atoms with Gasteiger partial charge in [0.15, 0.2) is 0 Å².